The molecule has 1 N–H and O–H groups in total. The molecule has 7 heteroatoms. The van der Waals surface area contributed by atoms with Gasteiger partial charge in [-0.1, -0.05) is 12.1 Å². The van der Waals surface area contributed by atoms with Gasteiger partial charge in [0.15, 0.2) is 5.78 Å². The molecule has 0 saturated carbocycles. The Hall–Kier alpha value is -2.80. The monoisotopic (exact) mass is 401 g/mol. The van der Waals surface area contributed by atoms with E-state index in [9.17, 15) is 14.4 Å². The average molecular weight is 401 g/mol. The molecule has 2 aromatic carbocycles. The third kappa shape index (κ3) is 6.74. The summed E-state index contributed by atoms with van der Waals surface area (Å²) < 4.78 is 10.5. The number of benzene rings is 2. The molecular weight excluding hydrogens is 378 g/mol. The van der Waals surface area contributed by atoms with E-state index in [1.54, 1.807) is 18.2 Å². The Kier molecular flexibility index (Phi) is 8.07. The van der Waals surface area contributed by atoms with Gasteiger partial charge in [0.05, 0.1) is 18.6 Å². The third-order valence-electron chi connectivity index (χ3n) is 3.83. The fourth-order valence-corrected chi connectivity index (χ4v) is 3.07. The predicted octanol–water partition coefficient (Wildman–Crippen LogP) is 3.62. The smallest absolute Gasteiger partial charge is 0.316 e. The summed E-state index contributed by atoms with van der Waals surface area (Å²) >= 11 is 1.17. The van der Waals surface area contributed by atoms with Crippen LogP contribution in [0.25, 0.3) is 0 Å². The molecule has 148 valence electrons. The Morgan fingerprint density at radius 3 is 2.54 bits per heavy atom. The molecule has 2 aromatic rings. The Bertz CT molecular complexity index is 866. The molecule has 0 aromatic heterocycles. The molecule has 0 spiro atoms. The van der Waals surface area contributed by atoms with Crippen molar-refractivity contribution in [3.05, 3.63) is 59.2 Å². The molecular formula is C21H23NO5S. The van der Waals surface area contributed by atoms with Crippen molar-refractivity contribution in [1.29, 1.82) is 0 Å². The summed E-state index contributed by atoms with van der Waals surface area (Å²) in [4.78, 5) is 35.4. The van der Waals surface area contributed by atoms with Gasteiger partial charge >= 0.3 is 5.97 Å². The first-order chi connectivity index (χ1) is 13.4. The van der Waals surface area contributed by atoms with Crippen LogP contribution in [-0.4, -0.2) is 36.3 Å². The molecule has 1 amide bonds. The van der Waals surface area contributed by atoms with Gasteiger partial charge in [0.25, 0.3) is 0 Å². The largest absolute Gasteiger partial charge is 0.496 e. The Labute approximate surface area is 168 Å². The number of carbonyl (C=O) groups excluding carboxylic acids is 3. The van der Waals surface area contributed by atoms with Crippen molar-refractivity contribution < 1.29 is 23.9 Å². The van der Waals surface area contributed by atoms with Crippen LogP contribution in [-0.2, 0) is 20.9 Å². The Balaban J connectivity index is 1.78. The van der Waals surface area contributed by atoms with E-state index in [4.69, 9.17) is 9.47 Å². The number of Topliss-reactive ketones (excluding diaryl/α,β-unsaturated/α-hetero) is 1. The minimum absolute atomic E-state index is 0.000818. The van der Waals surface area contributed by atoms with E-state index in [2.05, 4.69) is 5.32 Å². The van der Waals surface area contributed by atoms with Gasteiger partial charge in [-0.25, -0.2) is 0 Å². The molecule has 0 saturated heterocycles. The van der Waals surface area contributed by atoms with Crippen LogP contribution in [0.4, 0.5) is 5.69 Å². The zero-order chi connectivity index (χ0) is 20.5. The topological polar surface area (TPSA) is 81.7 Å². The van der Waals surface area contributed by atoms with Crippen LogP contribution in [0, 0.1) is 6.92 Å². The zero-order valence-corrected chi connectivity index (χ0v) is 16.9. The minimum Gasteiger partial charge on any atom is -0.496 e. The predicted molar refractivity (Wildman–Crippen MR) is 110 cm³/mol. The minimum atomic E-state index is -0.441. The molecule has 28 heavy (non-hydrogen) atoms. The third-order valence-corrected chi connectivity index (χ3v) is 4.74. The van der Waals surface area contributed by atoms with Crippen molar-refractivity contribution in [2.75, 3.05) is 23.9 Å². The average Bonchev–Trinajstić information content (AvgIpc) is 2.66. The van der Waals surface area contributed by atoms with E-state index >= 15 is 0 Å². The lowest BCUT2D eigenvalue weighted by atomic mass is 10.1. The molecule has 6 nitrogen and oxygen atoms in total. The first kappa shape index (κ1) is 21.5. The van der Waals surface area contributed by atoms with Crippen LogP contribution >= 0.6 is 11.8 Å². The highest BCUT2D eigenvalue weighted by molar-refractivity contribution is 8.00. The summed E-state index contributed by atoms with van der Waals surface area (Å²) in [5.74, 6) is 0.0403. The summed E-state index contributed by atoms with van der Waals surface area (Å²) in [6, 6.07) is 12.5. The molecule has 0 aliphatic rings. The zero-order valence-electron chi connectivity index (χ0n) is 16.1. The van der Waals surface area contributed by atoms with E-state index < -0.39 is 5.97 Å². The number of hydrogen-bond donors (Lipinski definition) is 1. The van der Waals surface area contributed by atoms with Crippen molar-refractivity contribution in [2.24, 2.45) is 0 Å². The summed E-state index contributed by atoms with van der Waals surface area (Å²) in [5, 5.41) is 2.79. The number of methoxy groups -OCH3 is 1. The highest BCUT2D eigenvalue weighted by Gasteiger charge is 2.11. The number of thioether (sulfide) groups is 1. The van der Waals surface area contributed by atoms with Crippen molar-refractivity contribution in [2.45, 2.75) is 20.5 Å². The molecule has 0 aliphatic carbocycles. The van der Waals surface area contributed by atoms with Crippen molar-refractivity contribution >= 4 is 35.1 Å². The number of ether oxygens (including phenoxy) is 2. The van der Waals surface area contributed by atoms with Crippen LogP contribution in [0.1, 0.15) is 28.4 Å². The number of esters is 1. The number of hydrogen-bond acceptors (Lipinski definition) is 6. The van der Waals surface area contributed by atoms with E-state index in [0.717, 1.165) is 11.3 Å². The van der Waals surface area contributed by atoms with Gasteiger partial charge in [0, 0.05) is 16.8 Å². The number of aryl methyl sites for hydroxylation is 1. The van der Waals surface area contributed by atoms with Gasteiger partial charge in [0.1, 0.15) is 12.4 Å². The first-order valence-electron chi connectivity index (χ1n) is 8.66. The molecule has 0 radical (unpaired) electrons. The summed E-state index contributed by atoms with van der Waals surface area (Å²) in [6.07, 6.45) is 0. The van der Waals surface area contributed by atoms with Crippen LogP contribution in [0.5, 0.6) is 5.75 Å². The standard InChI is InChI=1S/C21H23NO5S/c1-14-5-4-6-18(9-14)22-20(24)12-28-13-21(25)27-11-17-10-16(15(2)23)7-8-19(17)26-3/h4-10H,11-13H2,1-3H3,(H,22,24). The Morgan fingerprint density at radius 1 is 1.07 bits per heavy atom. The van der Waals surface area contributed by atoms with Gasteiger partial charge in [-0.2, -0.15) is 0 Å². The quantitative estimate of drug-likeness (QED) is 0.511. The number of rotatable bonds is 9. The second kappa shape index (κ2) is 10.5. The highest BCUT2D eigenvalue weighted by Crippen LogP contribution is 2.21. The summed E-state index contributed by atoms with van der Waals surface area (Å²) in [5.41, 5.74) is 2.92. The van der Waals surface area contributed by atoms with Crippen LogP contribution < -0.4 is 10.1 Å². The second-order valence-corrected chi connectivity index (χ2v) is 7.14. The number of anilines is 1. The van der Waals surface area contributed by atoms with Crippen LogP contribution in [0.2, 0.25) is 0 Å². The number of ketones is 1. The van der Waals surface area contributed by atoms with Crippen molar-refractivity contribution in [1.82, 2.24) is 0 Å². The molecule has 0 fully saturated rings. The number of amides is 1. The van der Waals surface area contributed by atoms with E-state index in [0.29, 0.717) is 16.9 Å². The second-order valence-electron chi connectivity index (χ2n) is 6.15. The normalized spacial score (nSPS) is 10.2. The fourth-order valence-electron chi connectivity index (χ4n) is 2.46. The maximum Gasteiger partial charge on any atom is 0.316 e. The van der Waals surface area contributed by atoms with E-state index in [-0.39, 0.29) is 29.8 Å². The molecule has 0 aliphatic heterocycles. The van der Waals surface area contributed by atoms with E-state index in [1.165, 1.54) is 25.8 Å². The molecule has 0 unspecified atom stereocenters. The number of carbonyl (C=O) groups is 3. The molecule has 2 rings (SSSR count). The lowest BCUT2D eigenvalue weighted by Crippen LogP contribution is -2.16. The lowest BCUT2D eigenvalue weighted by Gasteiger charge is -2.11. The number of nitrogens with one attached hydrogen (secondary N) is 1. The SMILES string of the molecule is COc1ccc(C(C)=O)cc1COC(=O)CSCC(=O)Nc1cccc(C)c1. The first-order valence-corrected chi connectivity index (χ1v) is 9.82. The van der Waals surface area contributed by atoms with Gasteiger partial charge in [-0.3, -0.25) is 14.4 Å². The Morgan fingerprint density at radius 2 is 1.86 bits per heavy atom. The molecule has 0 heterocycles. The van der Waals surface area contributed by atoms with Gasteiger partial charge < -0.3 is 14.8 Å². The lowest BCUT2D eigenvalue weighted by molar-refractivity contribution is -0.141. The van der Waals surface area contributed by atoms with Crippen molar-refractivity contribution in [3.8, 4) is 5.75 Å². The maximum absolute atomic E-state index is 11.9. The maximum atomic E-state index is 11.9. The summed E-state index contributed by atoms with van der Waals surface area (Å²) in [7, 11) is 1.51. The van der Waals surface area contributed by atoms with Gasteiger partial charge in [0.2, 0.25) is 5.91 Å². The van der Waals surface area contributed by atoms with Gasteiger partial charge in [-0.15, -0.1) is 11.8 Å². The van der Waals surface area contributed by atoms with Crippen LogP contribution in [0.15, 0.2) is 42.5 Å². The van der Waals surface area contributed by atoms with E-state index in [1.807, 2.05) is 31.2 Å². The van der Waals surface area contributed by atoms with Crippen molar-refractivity contribution in [3.63, 3.8) is 0 Å². The highest BCUT2D eigenvalue weighted by atomic mass is 32.2. The summed E-state index contributed by atoms with van der Waals surface area (Å²) in [6.45, 7) is 3.41. The van der Waals surface area contributed by atoms with Crippen LogP contribution in [0.3, 0.4) is 0 Å². The fraction of sp³-hybridized carbons (Fsp3) is 0.286. The molecule has 0 bridgehead atoms. The molecule has 0 atom stereocenters. The van der Waals surface area contributed by atoms with Gasteiger partial charge in [-0.05, 0) is 49.7 Å².